The fourth-order valence-electron chi connectivity index (χ4n) is 3.29. The molecule has 0 nitrogen and oxygen atoms in total. The Balaban J connectivity index is 2.03. The lowest BCUT2D eigenvalue weighted by Gasteiger charge is -2.30. The van der Waals surface area contributed by atoms with Crippen molar-refractivity contribution in [1.29, 1.82) is 0 Å². The molecule has 0 saturated heterocycles. The van der Waals surface area contributed by atoms with Gasteiger partial charge < -0.3 is 0 Å². The molecule has 0 heterocycles. The lowest BCUT2D eigenvalue weighted by molar-refractivity contribution is 0.463. The molecule has 1 fully saturated rings. The second-order valence-corrected chi connectivity index (χ2v) is 7.57. The summed E-state index contributed by atoms with van der Waals surface area (Å²) < 4.78 is 0. The number of rotatable bonds is 5. The van der Waals surface area contributed by atoms with Crippen LogP contribution in [0.15, 0.2) is 30.3 Å². The Bertz CT molecular complexity index is 333. The van der Waals surface area contributed by atoms with E-state index in [0.29, 0.717) is 0 Å². The molecular weight excluding hydrogens is 247 g/mol. The van der Waals surface area contributed by atoms with Gasteiger partial charge >= 0.3 is 0 Å². The molecule has 0 aliphatic heterocycles. The van der Waals surface area contributed by atoms with Crippen LogP contribution in [0.4, 0.5) is 0 Å². The minimum Gasteiger partial charge on any atom is -0.118 e. The highest BCUT2D eigenvalue weighted by Crippen LogP contribution is 2.41. The molecule has 1 aromatic carbocycles. The Hall–Kier alpha value is -0.350. The minimum atomic E-state index is 0.844. The Morgan fingerprint density at radius 1 is 1.00 bits per heavy atom. The first-order chi connectivity index (χ1) is 9.42. The summed E-state index contributed by atoms with van der Waals surface area (Å²) in [7, 11) is 1.19. The van der Waals surface area contributed by atoms with Gasteiger partial charge in [0.05, 0.1) is 0 Å². The second-order valence-electron chi connectivity index (χ2n) is 5.92. The van der Waals surface area contributed by atoms with Gasteiger partial charge in [-0.25, -0.2) is 0 Å². The zero-order valence-electron chi connectivity index (χ0n) is 12.4. The monoisotopic (exact) mass is 276 g/mol. The van der Waals surface area contributed by atoms with E-state index in [-0.39, 0.29) is 0 Å². The number of hydrogen-bond donors (Lipinski definition) is 0. The van der Waals surface area contributed by atoms with Crippen LogP contribution >= 0.6 is 8.58 Å². The SMILES string of the molecule is CCCCPC1CCCCCCC1c1ccccc1. The molecule has 1 aliphatic rings. The second kappa shape index (κ2) is 8.75. The molecule has 3 atom stereocenters. The first-order valence-electron chi connectivity index (χ1n) is 8.20. The minimum absolute atomic E-state index is 0.844. The zero-order valence-corrected chi connectivity index (χ0v) is 13.4. The predicted octanol–water partition coefficient (Wildman–Crippen LogP) is 5.97. The zero-order chi connectivity index (χ0) is 13.3. The smallest absolute Gasteiger partial charge is 0.00966 e. The van der Waals surface area contributed by atoms with E-state index in [1.54, 1.807) is 5.56 Å². The maximum Gasteiger partial charge on any atom is -0.00966 e. The number of unbranched alkanes of at least 4 members (excludes halogenated alkanes) is 1. The molecule has 0 radical (unpaired) electrons. The van der Waals surface area contributed by atoms with Crippen molar-refractivity contribution in [3.63, 3.8) is 0 Å². The van der Waals surface area contributed by atoms with E-state index in [0.717, 1.165) is 11.6 Å². The Morgan fingerprint density at radius 2 is 1.74 bits per heavy atom. The van der Waals surface area contributed by atoms with Crippen LogP contribution in [0.2, 0.25) is 0 Å². The molecule has 3 unspecified atom stereocenters. The van der Waals surface area contributed by atoms with Crippen LogP contribution in [-0.4, -0.2) is 11.8 Å². The highest BCUT2D eigenvalue weighted by molar-refractivity contribution is 7.38. The Kier molecular flexibility index (Phi) is 6.93. The maximum atomic E-state index is 2.36. The van der Waals surface area contributed by atoms with Gasteiger partial charge in [-0.05, 0) is 42.6 Å². The molecule has 1 heteroatoms. The first-order valence-corrected chi connectivity index (χ1v) is 9.48. The van der Waals surface area contributed by atoms with E-state index in [1.165, 1.54) is 66.1 Å². The van der Waals surface area contributed by atoms with Crippen molar-refractivity contribution in [2.75, 3.05) is 6.16 Å². The third kappa shape index (κ3) is 4.92. The van der Waals surface area contributed by atoms with Crippen LogP contribution in [0, 0.1) is 0 Å². The molecular formula is C18H29P. The average Bonchev–Trinajstić information content (AvgIpc) is 2.42. The van der Waals surface area contributed by atoms with Crippen LogP contribution in [0.5, 0.6) is 0 Å². The summed E-state index contributed by atoms with van der Waals surface area (Å²) in [5.74, 6) is 0.844. The molecule has 0 N–H and O–H groups in total. The quantitative estimate of drug-likeness (QED) is 0.459. The van der Waals surface area contributed by atoms with E-state index in [9.17, 15) is 0 Å². The van der Waals surface area contributed by atoms with Crippen molar-refractivity contribution in [2.24, 2.45) is 0 Å². The topological polar surface area (TPSA) is 0 Å². The molecule has 0 amide bonds. The van der Waals surface area contributed by atoms with Crippen molar-refractivity contribution in [2.45, 2.75) is 69.9 Å². The van der Waals surface area contributed by atoms with Gasteiger partial charge in [0.25, 0.3) is 0 Å². The van der Waals surface area contributed by atoms with Gasteiger partial charge in [0, 0.05) is 0 Å². The van der Waals surface area contributed by atoms with E-state index in [1.807, 2.05) is 0 Å². The van der Waals surface area contributed by atoms with Gasteiger partial charge in [0.1, 0.15) is 0 Å². The molecule has 0 aromatic heterocycles. The average molecular weight is 276 g/mol. The van der Waals surface area contributed by atoms with Crippen molar-refractivity contribution in [3.05, 3.63) is 35.9 Å². The molecule has 0 bridgehead atoms. The van der Waals surface area contributed by atoms with E-state index >= 15 is 0 Å². The maximum absolute atomic E-state index is 2.36. The molecule has 1 aliphatic carbocycles. The van der Waals surface area contributed by atoms with E-state index in [2.05, 4.69) is 37.3 Å². The van der Waals surface area contributed by atoms with Crippen molar-refractivity contribution in [1.82, 2.24) is 0 Å². The van der Waals surface area contributed by atoms with Crippen LogP contribution in [-0.2, 0) is 0 Å². The van der Waals surface area contributed by atoms with Gasteiger partial charge in [-0.1, -0.05) is 69.4 Å². The summed E-state index contributed by atoms with van der Waals surface area (Å²) in [5.41, 5.74) is 2.58. The standard InChI is InChI=1S/C18H29P/c1-2-3-15-19-18-14-10-5-4-9-13-17(18)16-11-7-6-8-12-16/h6-8,11-12,17-19H,2-5,9-10,13-15H2,1H3. The summed E-state index contributed by atoms with van der Waals surface area (Å²) in [6.45, 7) is 2.32. The van der Waals surface area contributed by atoms with Gasteiger partial charge in [-0.2, -0.15) is 0 Å². The fourth-order valence-corrected chi connectivity index (χ4v) is 5.27. The van der Waals surface area contributed by atoms with Crippen LogP contribution < -0.4 is 0 Å². The summed E-state index contributed by atoms with van der Waals surface area (Å²) in [6.07, 6.45) is 13.0. The lowest BCUT2D eigenvalue weighted by atomic mass is 9.85. The normalized spacial score (nSPS) is 25.3. The van der Waals surface area contributed by atoms with Gasteiger partial charge in [0.2, 0.25) is 0 Å². The fraction of sp³-hybridized carbons (Fsp3) is 0.667. The third-order valence-electron chi connectivity index (χ3n) is 4.43. The summed E-state index contributed by atoms with van der Waals surface area (Å²) in [4.78, 5) is 0. The largest absolute Gasteiger partial charge is 0.118 e. The molecule has 19 heavy (non-hydrogen) atoms. The van der Waals surface area contributed by atoms with Gasteiger partial charge in [-0.15, -0.1) is 8.58 Å². The van der Waals surface area contributed by atoms with Crippen molar-refractivity contribution < 1.29 is 0 Å². The van der Waals surface area contributed by atoms with Gasteiger partial charge in [-0.3, -0.25) is 0 Å². The highest BCUT2D eigenvalue weighted by Gasteiger charge is 2.23. The first kappa shape index (κ1) is 15.0. The van der Waals surface area contributed by atoms with Gasteiger partial charge in [0.15, 0.2) is 0 Å². The summed E-state index contributed by atoms with van der Waals surface area (Å²) in [6, 6.07) is 11.3. The highest BCUT2D eigenvalue weighted by atomic mass is 31.1. The molecule has 106 valence electrons. The third-order valence-corrected chi connectivity index (χ3v) is 6.29. The van der Waals surface area contributed by atoms with E-state index in [4.69, 9.17) is 0 Å². The van der Waals surface area contributed by atoms with Crippen LogP contribution in [0.25, 0.3) is 0 Å². The summed E-state index contributed by atoms with van der Waals surface area (Å²) in [5, 5.41) is 0. The Labute approximate surface area is 121 Å². The molecule has 1 aromatic rings. The summed E-state index contributed by atoms with van der Waals surface area (Å²) >= 11 is 0. The molecule has 0 spiro atoms. The van der Waals surface area contributed by atoms with Crippen LogP contribution in [0.3, 0.4) is 0 Å². The van der Waals surface area contributed by atoms with Crippen LogP contribution in [0.1, 0.15) is 69.8 Å². The van der Waals surface area contributed by atoms with Crippen molar-refractivity contribution >= 4 is 8.58 Å². The lowest BCUT2D eigenvalue weighted by Crippen LogP contribution is -2.17. The molecule has 1 saturated carbocycles. The number of benzene rings is 1. The predicted molar refractivity (Wildman–Crippen MR) is 88.8 cm³/mol. The molecule has 2 rings (SSSR count). The Morgan fingerprint density at radius 3 is 2.47 bits per heavy atom. The van der Waals surface area contributed by atoms with Crippen molar-refractivity contribution in [3.8, 4) is 0 Å². The number of hydrogen-bond acceptors (Lipinski definition) is 0. The van der Waals surface area contributed by atoms with E-state index < -0.39 is 0 Å².